The van der Waals surface area contributed by atoms with Crippen molar-refractivity contribution in [2.75, 3.05) is 10.6 Å². The lowest BCUT2D eigenvalue weighted by atomic mass is 10.1. The summed E-state index contributed by atoms with van der Waals surface area (Å²) in [6.07, 6.45) is 7.81. The number of hydrogen-bond donors (Lipinski definition) is 2. The van der Waals surface area contributed by atoms with Gasteiger partial charge in [0.15, 0.2) is 0 Å². The number of nitrogens with one attached hydrogen (secondary N) is 2. The van der Waals surface area contributed by atoms with Crippen LogP contribution in [-0.4, -0.2) is 5.91 Å². The summed E-state index contributed by atoms with van der Waals surface area (Å²) < 4.78 is 0. The molecule has 2 aromatic rings. The maximum atomic E-state index is 12.0. The summed E-state index contributed by atoms with van der Waals surface area (Å²) in [7, 11) is 0. The van der Waals surface area contributed by atoms with Gasteiger partial charge in [-0.05, 0) is 42.8 Å². The van der Waals surface area contributed by atoms with Gasteiger partial charge in [-0.25, -0.2) is 0 Å². The number of unbranched alkanes of at least 4 members (excludes halogenated alkanes) is 5. The first-order valence-corrected chi connectivity index (χ1v) is 9.00. The summed E-state index contributed by atoms with van der Waals surface area (Å²) in [5.41, 5.74) is 2.91. The van der Waals surface area contributed by atoms with Crippen molar-refractivity contribution in [3.05, 3.63) is 54.6 Å². The molecule has 1 amide bonds. The van der Waals surface area contributed by atoms with Gasteiger partial charge >= 0.3 is 0 Å². The van der Waals surface area contributed by atoms with E-state index < -0.39 is 0 Å². The molecule has 0 radical (unpaired) electrons. The Morgan fingerprint density at radius 2 is 1.33 bits per heavy atom. The third-order valence-electron chi connectivity index (χ3n) is 3.99. The van der Waals surface area contributed by atoms with Gasteiger partial charge in [0.1, 0.15) is 0 Å². The van der Waals surface area contributed by atoms with Crippen LogP contribution in [-0.2, 0) is 4.79 Å². The molecule has 3 nitrogen and oxygen atoms in total. The van der Waals surface area contributed by atoms with E-state index in [4.69, 9.17) is 0 Å². The molecule has 0 aromatic heterocycles. The minimum Gasteiger partial charge on any atom is -0.356 e. The van der Waals surface area contributed by atoms with Crippen LogP contribution in [0, 0.1) is 0 Å². The first-order chi connectivity index (χ1) is 11.8. The Bertz CT molecular complexity index is 593. The second-order valence-corrected chi connectivity index (χ2v) is 6.13. The smallest absolute Gasteiger partial charge is 0.224 e. The van der Waals surface area contributed by atoms with Gasteiger partial charge in [-0.3, -0.25) is 4.79 Å². The van der Waals surface area contributed by atoms with Gasteiger partial charge in [0.25, 0.3) is 0 Å². The molecule has 2 N–H and O–H groups in total. The van der Waals surface area contributed by atoms with E-state index in [0.29, 0.717) is 6.42 Å². The summed E-state index contributed by atoms with van der Waals surface area (Å²) in [6.45, 7) is 2.22. The van der Waals surface area contributed by atoms with E-state index in [-0.39, 0.29) is 5.91 Å². The molecular formula is C21H28N2O. The fourth-order valence-corrected chi connectivity index (χ4v) is 2.61. The molecule has 2 aromatic carbocycles. The first kappa shape index (κ1) is 18.1. The van der Waals surface area contributed by atoms with Gasteiger partial charge in [0.2, 0.25) is 5.91 Å². The number of rotatable bonds is 10. The average Bonchev–Trinajstić information content (AvgIpc) is 2.61. The zero-order valence-electron chi connectivity index (χ0n) is 14.6. The number of para-hydroxylation sites is 1. The summed E-state index contributed by atoms with van der Waals surface area (Å²) in [4.78, 5) is 12.0. The highest BCUT2D eigenvalue weighted by atomic mass is 16.1. The second-order valence-electron chi connectivity index (χ2n) is 6.13. The standard InChI is InChI=1S/C21H28N2O/c1-2-3-4-5-6-10-13-21(24)23-20-16-14-19(15-17-20)22-18-11-8-7-9-12-18/h7-9,11-12,14-17,22H,2-6,10,13H2,1H3,(H,23,24). The minimum atomic E-state index is 0.106. The lowest BCUT2D eigenvalue weighted by molar-refractivity contribution is -0.116. The van der Waals surface area contributed by atoms with Crippen LogP contribution >= 0.6 is 0 Å². The van der Waals surface area contributed by atoms with Crippen molar-refractivity contribution in [2.24, 2.45) is 0 Å². The highest BCUT2D eigenvalue weighted by Gasteiger charge is 2.02. The third-order valence-corrected chi connectivity index (χ3v) is 3.99. The van der Waals surface area contributed by atoms with E-state index in [1.54, 1.807) is 0 Å². The molecule has 0 heterocycles. The Morgan fingerprint density at radius 3 is 2.04 bits per heavy atom. The topological polar surface area (TPSA) is 41.1 Å². The fraction of sp³-hybridized carbons (Fsp3) is 0.381. The fourth-order valence-electron chi connectivity index (χ4n) is 2.61. The average molecular weight is 324 g/mol. The molecule has 0 saturated heterocycles. The molecular weight excluding hydrogens is 296 g/mol. The Kier molecular flexibility index (Phi) is 7.88. The number of carbonyl (C=O) groups is 1. The van der Waals surface area contributed by atoms with E-state index >= 15 is 0 Å². The summed E-state index contributed by atoms with van der Waals surface area (Å²) >= 11 is 0. The van der Waals surface area contributed by atoms with E-state index in [0.717, 1.165) is 29.9 Å². The Morgan fingerprint density at radius 1 is 0.750 bits per heavy atom. The highest BCUT2D eigenvalue weighted by Crippen LogP contribution is 2.19. The summed E-state index contributed by atoms with van der Waals surface area (Å²) in [6, 6.07) is 17.9. The maximum absolute atomic E-state index is 12.0. The van der Waals surface area contributed by atoms with Gasteiger partial charge in [-0.15, -0.1) is 0 Å². The number of carbonyl (C=O) groups excluding carboxylic acids is 1. The van der Waals surface area contributed by atoms with Crippen molar-refractivity contribution < 1.29 is 4.79 Å². The molecule has 0 atom stereocenters. The summed E-state index contributed by atoms with van der Waals surface area (Å²) in [5.74, 6) is 0.106. The molecule has 0 saturated carbocycles. The van der Waals surface area contributed by atoms with Gasteiger partial charge in [-0.1, -0.05) is 57.2 Å². The highest BCUT2D eigenvalue weighted by molar-refractivity contribution is 5.90. The van der Waals surface area contributed by atoms with Gasteiger partial charge in [-0.2, -0.15) is 0 Å². The Labute approximate surface area is 145 Å². The van der Waals surface area contributed by atoms with Crippen molar-refractivity contribution in [1.82, 2.24) is 0 Å². The normalized spacial score (nSPS) is 10.4. The second kappa shape index (κ2) is 10.5. The van der Waals surface area contributed by atoms with E-state index in [1.807, 2.05) is 54.6 Å². The van der Waals surface area contributed by atoms with Crippen LogP contribution < -0.4 is 10.6 Å². The molecule has 2 rings (SSSR count). The van der Waals surface area contributed by atoms with E-state index in [1.165, 1.54) is 25.7 Å². The van der Waals surface area contributed by atoms with Crippen LogP contribution in [0.15, 0.2) is 54.6 Å². The van der Waals surface area contributed by atoms with Crippen LogP contribution in [0.3, 0.4) is 0 Å². The predicted octanol–water partition coefficient (Wildman–Crippen LogP) is 6.12. The first-order valence-electron chi connectivity index (χ1n) is 9.00. The van der Waals surface area contributed by atoms with Crippen molar-refractivity contribution >= 4 is 23.0 Å². The van der Waals surface area contributed by atoms with Crippen LogP contribution in [0.4, 0.5) is 17.1 Å². The largest absolute Gasteiger partial charge is 0.356 e. The number of amides is 1. The molecule has 0 spiro atoms. The lowest BCUT2D eigenvalue weighted by Gasteiger charge is -2.09. The monoisotopic (exact) mass is 324 g/mol. The molecule has 0 aliphatic heterocycles. The van der Waals surface area contributed by atoms with Gasteiger partial charge in [0, 0.05) is 23.5 Å². The van der Waals surface area contributed by atoms with E-state index in [9.17, 15) is 4.79 Å². The van der Waals surface area contributed by atoms with Crippen molar-refractivity contribution in [1.29, 1.82) is 0 Å². The van der Waals surface area contributed by atoms with Crippen LogP contribution in [0.25, 0.3) is 0 Å². The SMILES string of the molecule is CCCCCCCCC(=O)Nc1ccc(Nc2ccccc2)cc1. The third kappa shape index (κ3) is 6.86. The summed E-state index contributed by atoms with van der Waals surface area (Å²) in [5, 5.41) is 6.30. The molecule has 24 heavy (non-hydrogen) atoms. The van der Waals surface area contributed by atoms with Crippen molar-refractivity contribution in [3.63, 3.8) is 0 Å². The Balaban J connectivity index is 1.70. The zero-order chi connectivity index (χ0) is 17.0. The molecule has 0 unspecified atom stereocenters. The van der Waals surface area contributed by atoms with Crippen molar-refractivity contribution in [2.45, 2.75) is 51.9 Å². The number of anilines is 3. The van der Waals surface area contributed by atoms with E-state index in [2.05, 4.69) is 17.6 Å². The lowest BCUT2D eigenvalue weighted by Crippen LogP contribution is -2.10. The van der Waals surface area contributed by atoms with Crippen LogP contribution in [0.2, 0.25) is 0 Å². The molecule has 0 aliphatic carbocycles. The van der Waals surface area contributed by atoms with Gasteiger partial charge in [0.05, 0.1) is 0 Å². The quantitative estimate of drug-likeness (QED) is 0.517. The van der Waals surface area contributed by atoms with Gasteiger partial charge < -0.3 is 10.6 Å². The molecule has 0 bridgehead atoms. The number of hydrogen-bond acceptors (Lipinski definition) is 2. The Hall–Kier alpha value is -2.29. The van der Waals surface area contributed by atoms with Crippen molar-refractivity contribution in [3.8, 4) is 0 Å². The maximum Gasteiger partial charge on any atom is 0.224 e. The van der Waals surface area contributed by atoms with Crippen LogP contribution in [0.5, 0.6) is 0 Å². The molecule has 128 valence electrons. The minimum absolute atomic E-state index is 0.106. The predicted molar refractivity (Wildman–Crippen MR) is 103 cm³/mol. The van der Waals surface area contributed by atoms with Crippen LogP contribution in [0.1, 0.15) is 51.9 Å². The molecule has 0 fully saturated rings. The molecule has 0 aliphatic rings. The number of benzene rings is 2. The molecule has 3 heteroatoms. The zero-order valence-corrected chi connectivity index (χ0v) is 14.6.